The van der Waals surface area contributed by atoms with Crippen LogP contribution in [-0.2, 0) is 4.79 Å². The molecule has 0 saturated carbocycles. The first-order chi connectivity index (χ1) is 6.22. The first kappa shape index (κ1) is 13.4. The summed E-state index contributed by atoms with van der Waals surface area (Å²) in [5.74, 6) is 0.239. The lowest BCUT2D eigenvalue weighted by atomic mass is 9.95. The third-order valence-corrected chi connectivity index (χ3v) is 1.93. The van der Waals surface area contributed by atoms with Crippen LogP contribution in [0, 0.1) is 11.3 Å². The van der Waals surface area contributed by atoms with Crippen molar-refractivity contribution in [3.63, 3.8) is 0 Å². The maximum absolute atomic E-state index is 11.1. The van der Waals surface area contributed by atoms with Gasteiger partial charge < -0.3 is 11.1 Å². The molecule has 0 heterocycles. The summed E-state index contributed by atoms with van der Waals surface area (Å²) in [7, 11) is 0. The standard InChI is InChI=1S/C11H24N2O/c1-8(2)6-9(10(12)14)13-7-11(3,4)5/h8-9,13H,6-7H2,1-5H3,(H2,12,14)/t9-/m0/s1. The molecule has 0 aliphatic rings. The van der Waals surface area contributed by atoms with Crippen molar-refractivity contribution in [3.8, 4) is 0 Å². The maximum Gasteiger partial charge on any atom is 0.234 e. The van der Waals surface area contributed by atoms with Crippen molar-refractivity contribution in [1.29, 1.82) is 0 Å². The minimum absolute atomic E-state index is 0.185. The number of rotatable bonds is 5. The lowest BCUT2D eigenvalue weighted by molar-refractivity contribution is -0.120. The van der Waals surface area contributed by atoms with Gasteiger partial charge >= 0.3 is 0 Å². The highest BCUT2D eigenvalue weighted by molar-refractivity contribution is 5.79. The van der Waals surface area contributed by atoms with Gasteiger partial charge in [-0.1, -0.05) is 34.6 Å². The van der Waals surface area contributed by atoms with Crippen molar-refractivity contribution in [2.75, 3.05) is 6.54 Å². The minimum Gasteiger partial charge on any atom is -0.368 e. The Kier molecular flexibility index (Phi) is 5.13. The molecule has 3 N–H and O–H groups in total. The van der Waals surface area contributed by atoms with Crippen molar-refractivity contribution in [2.45, 2.75) is 47.1 Å². The summed E-state index contributed by atoms with van der Waals surface area (Å²) >= 11 is 0. The highest BCUT2D eigenvalue weighted by Crippen LogP contribution is 2.12. The lowest BCUT2D eigenvalue weighted by Gasteiger charge is -2.24. The summed E-state index contributed by atoms with van der Waals surface area (Å²) in [4.78, 5) is 11.1. The Bertz CT molecular complexity index is 182. The Hall–Kier alpha value is -0.570. The monoisotopic (exact) mass is 200 g/mol. The molecule has 3 heteroatoms. The molecule has 0 aliphatic carbocycles. The van der Waals surface area contributed by atoms with E-state index in [1.54, 1.807) is 0 Å². The molecule has 84 valence electrons. The van der Waals surface area contributed by atoms with Crippen molar-refractivity contribution < 1.29 is 4.79 Å². The summed E-state index contributed by atoms with van der Waals surface area (Å²) in [6, 6.07) is -0.186. The van der Waals surface area contributed by atoms with Crippen LogP contribution in [0.2, 0.25) is 0 Å². The van der Waals surface area contributed by atoms with Crippen molar-refractivity contribution in [3.05, 3.63) is 0 Å². The molecular weight excluding hydrogens is 176 g/mol. The minimum atomic E-state index is -0.247. The molecule has 3 nitrogen and oxygen atoms in total. The SMILES string of the molecule is CC(C)C[C@H](NCC(C)(C)C)C(N)=O. The molecule has 0 bridgehead atoms. The zero-order chi connectivity index (χ0) is 11.4. The average Bonchev–Trinajstić information content (AvgIpc) is 1.94. The predicted molar refractivity (Wildman–Crippen MR) is 59.9 cm³/mol. The van der Waals surface area contributed by atoms with Crippen LogP contribution < -0.4 is 11.1 Å². The second-order valence-corrected chi connectivity index (χ2v) is 5.53. The van der Waals surface area contributed by atoms with Crippen LogP contribution in [-0.4, -0.2) is 18.5 Å². The fraction of sp³-hybridized carbons (Fsp3) is 0.909. The van der Waals surface area contributed by atoms with Crippen LogP contribution in [0.3, 0.4) is 0 Å². The highest BCUT2D eigenvalue weighted by Gasteiger charge is 2.19. The van der Waals surface area contributed by atoms with Gasteiger partial charge in [0.05, 0.1) is 6.04 Å². The van der Waals surface area contributed by atoms with E-state index in [0.29, 0.717) is 5.92 Å². The Balaban J connectivity index is 4.05. The lowest BCUT2D eigenvalue weighted by Crippen LogP contribution is -2.45. The van der Waals surface area contributed by atoms with Crippen LogP contribution in [0.15, 0.2) is 0 Å². The third-order valence-electron chi connectivity index (χ3n) is 1.93. The van der Waals surface area contributed by atoms with Gasteiger partial charge in [-0.15, -0.1) is 0 Å². The van der Waals surface area contributed by atoms with Gasteiger partial charge in [0.15, 0.2) is 0 Å². The van der Waals surface area contributed by atoms with E-state index in [9.17, 15) is 4.79 Å². The number of hydrogen-bond donors (Lipinski definition) is 2. The predicted octanol–water partition coefficient (Wildman–Crippen LogP) is 1.52. The van der Waals surface area contributed by atoms with E-state index < -0.39 is 0 Å². The molecule has 0 fully saturated rings. The largest absolute Gasteiger partial charge is 0.368 e. The Morgan fingerprint density at radius 3 is 2.14 bits per heavy atom. The Morgan fingerprint density at radius 1 is 1.36 bits per heavy atom. The first-order valence-electron chi connectivity index (χ1n) is 5.25. The van der Waals surface area contributed by atoms with Crippen LogP contribution in [0.4, 0.5) is 0 Å². The van der Waals surface area contributed by atoms with Crippen LogP contribution in [0.25, 0.3) is 0 Å². The van der Waals surface area contributed by atoms with Crippen molar-refractivity contribution in [2.24, 2.45) is 17.1 Å². The van der Waals surface area contributed by atoms with Gasteiger partial charge in [0.25, 0.3) is 0 Å². The molecule has 0 radical (unpaired) electrons. The highest BCUT2D eigenvalue weighted by atomic mass is 16.1. The molecule has 0 unspecified atom stereocenters. The van der Waals surface area contributed by atoms with E-state index in [2.05, 4.69) is 39.9 Å². The zero-order valence-electron chi connectivity index (χ0n) is 10.1. The van der Waals surface area contributed by atoms with E-state index in [0.717, 1.165) is 13.0 Å². The second kappa shape index (κ2) is 5.35. The normalized spacial score (nSPS) is 14.4. The number of carbonyl (C=O) groups is 1. The van der Waals surface area contributed by atoms with E-state index in [1.165, 1.54) is 0 Å². The van der Waals surface area contributed by atoms with Crippen molar-refractivity contribution in [1.82, 2.24) is 5.32 Å². The summed E-state index contributed by atoms with van der Waals surface area (Å²) in [5, 5.41) is 3.22. The second-order valence-electron chi connectivity index (χ2n) is 5.53. The van der Waals surface area contributed by atoms with Crippen LogP contribution >= 0.6 is 0 Å². The molecule has 14 heavy (non-hydrogen) atoms. The van der Waals surface area contributed by atoms with Gasteiger partial charge in [0.2, 0.25) is 5.91 Å². The van der Waals surface area contributed by atoms with Gasteiger partial charge in [-0.3, -0.25) is 4.79 Å². The van der Waals surface area contributed by atoms with E-state index in [4.69, 9.17) is 5.73 Å². The van der Waals surface area contributed by atoms with Gasteiger partial charge in [0.1, 0.15) is 0 Å². The topological polar surface area (TPSA) is 55.1 Å². The molecule has 0 aromatic carbocycles. The fourth-order valence-corrected chi connectivity index (χ4v) is 1.20. The number of nitrogens with two attached hydrogens (primary N) is 1. The van der Waals surface area contributed by atoms with Gasteiger partial charge in [-0.2, -0.15) is 0 Å². The van der Waals surface area contributed by atoms with Gasteiger partial charge in [0, 0.05) is 6.54 Å². The summed E-state index contributed by atoms with van der Waals surface area (Å²) in [6.07, 6.45) is 0.811. The van der Waals surface area contributed by atoms with Crippen LogP contribution in [0.1, 0.15) is 41.0 Å². The molecular formula is C11H24N2O. The third kappa shape index (κ3) is 6.89. The van der Waals surface area contributed by atoms with E-state index in [1.807, 2.05) is 0 Å². The fourth-order valence-electron chi connectivity index (χ4n) is 1.20. The smallest absolute Gasteiger partial charge is 0.234 e. The molecule has 0 aromatic heterocycles. The van der Waals surface area contributed by atoms with Crippen LogP contribution in [0.5, 0.6) is 0 Å². The molecule has 0 saturated heterocycles. The summed E-state index contributed by atoms with van der Waals surface area (Å²) in [6.45, 7) is 11.4. The van der Waals surface area contributed by atoms with Gasteiger partial charge in [-0.05, 0) is 17.8 Å². The zero-order valence-corrected chi connectivity index (χ0v) is 10.1. The summed E-state index contributed by atoms with van der Waals surface area (Å²) < 4.78 is 0. The molecule has 0 rings (SSSR count). The number of primary amides is 1. The molecule has 0 aliphatic heterocycles. The van der Waals surface area contributed by atoms with Gasteiger partial charge in [-0.25, -0.2) is 0 Å². The first-order valence-corrected chi connectivity index (χ1v) is 5.25. The van der Waals surface area contributed by atoms with E-state index in [-0.39, 0.29) is 17.4 Å². The number of hydrogen-bond acceptors (Lipinski definition) is 2. The van der Waals surface area contributed by atoms with Crippen molar-refractivity contribution >= 4 is 5.91 Å². The summed E-state index contributed by atoms with van der Waals surface area (Å²) in [5.41, 5.74) is 5.50. The number of carbonyl (C=O) groups excluding carboxylic acids is 1. The van der Waals surface area contributed by atoms with E-state index >= 15 is 0 Å². The molecule has 1 amide bonds. The number of nitrogens with one attached hydrogen (secondary N) is 1. The average molecular weight is 200 g/mol. The Morgan fingerprint density at radius 2 is 1.86 bits per heavy atom. The quantitative estimate of drug-likeness (QED) is 0.707. The molecule has 0 spiro atoms. The number of amides is 1. The molecule has 1 atom stereocenters. The maximum atomic E-state index is 11.1. The molecule has 0 aromatic rings. The Labute approximate surface area is 87.4 Å².